The summed E-state index contributed by atoms with van der Waals surface area (Å²) < 4.78 is 2.49. The smallest absolute Gasteiger partial charge is 0.265 e. The lowest BCUT2D eigenvalue weighted by Crippen LogP contribution is -2.23. The van der Waals surface area contributed by atoms with Gasteiger partial charge in [0.15, 0.2) is 0 Å². The average molecular weight is 319 g/mol. The highest BCUT2D eigenvalue weighted by molar-refractivity contribution is 9.10. The molecule has 98 valence electrons. The van der Waals surface area contributed by atoms with Crippen molar-refractivity contribution in [2.24, 2.45) is 0 Å². The molecule has 3 nitrogen and oxygen atoms in total. The molecule has 0 aliphatic heterocycles. The Balaban J connectivity index is 2.10. The molecule has 3 rings (SSSR count). The molecule has 2 aromatic rings. The van der Waals surface area contributed by atoms with E-state index in [9.17, 15) is 4.79 Å². The van der Waals surface area contributed by atoms with Crippen molar-refractivity contribution in [1.29, 1.82) is 0 Å². The van der Waals surface area contributed by atoms with Crippen molar-refractivity contribution >= 4 is 15.9 Å². The van der Waals surface area contributed by atoms with E-state index in [0.717, 1.165) is 24.1 Å². The van der Waals surface area contributed by atoms with Gasteiger partial charge in [-0.2, -0.15) is 0 Å². The third-order valence-corrected chi connectivity index (χ3v) is 4.25. The van der Waals surface area contributed by atoms with Gasteiger partial charge in [0.1, 0.15) is 0 Å². The van der Waals surface area contributed by atoms with Crippen molar-refractivity contribution in [2.45, 2.75) is 31.7 Å². The molecule has 1 fully saturated rings. The van der Waals surface area contributed by atoms with Gasteiger partial charge in [-0.25, -0.2) is 0 Å². The van der Waals surface area contributed by atoms with Gasteiger partial charge in [-0.05, 0) is 47.0 Å². The molecule has 0 saturated heterocycles. The number of halogens is 1. The van der Waals surface area contributed by atoms with Gasteiger partial charge in [0.05, 0.1) is 10.2 Å². The zero-order chi connectivity index (χ0) is 13.2. The molecule has 1 saturated carbocycles. The summed E-state index contributed by atoms with van der Waals surface area (Å²) in [4.78, 5) is 16.6. The number of aromatic nitrogens is 2. The van der Waals surface area contributed by atoms with E-state index in [2.05, 4.69) is 20.9 Å². The number of hydrogen-bond acceptors (Lipinski definition) is 2. The van der Waals surface area contributed by atoms with Gasteiger partial charge in [0.25, 0.3) is 5.56 Å². The molecule has 0 amide bonds. The monoisotopic (exact) mass is 318 g/mol. The van der Waals surface area contributed by atoms with Crippen LogP contribution in [0.15, 0.2) is 45.9 Å². The zero-order valence-electron chi connectivity index (χ0n) is 10.6. The molecule has 1 aliphatic carbocycles. The van der Waals surface area contributed by atoms with Gasteiger partial charge >= 0.3 is 0 Å². The summed E-state index contributed by atoms with van der Waals surface area (Å²) in [7, 11) is 0. The maximum Gasteiger partial charge on any atom is 0.265 e. The lowest BCUT2D eigenvalue weighted by molar-refractivity contribution is 0.501. The highest BCUT2D eigenvalue weighted by atomic mass is 79.9. The van der Waals surface area contributed by atoms with Crippen LogP contribution in [0.5, 0.6) is 0 Å². The second-order valence-corrected chi connectivity index (χ2v) is 5.80. The molecule has 0 N–H and O–H groups in total. The van der Waals surface area contributed by atoms with Gasteiger partial charge in [0, 0.05) is 24.0 Å². The first kappa shape index (κ1) is 12.6. The molecule has 4 heteroatoms. The Morgan fingerprint density at radius 2 is 2.05 bits per heavy atom. The summed E-state index contributed by atoms with van der Waals surface area (Å²) in [5.74, 6) is 0. The summed E-state index contributed by atoms with van der Waals surface area (Å²) in [5, 5.41) is 0. The Kier molecular flexibility index (Phi) is 3.51. The second-order valence-electron chi connectivity index (χ2n) is 4.94. The second kappa shape index (κ2) is 5.29. The van der Waals surface area contributed by atoms with Crippen LogP contribution in [0, 0.1) is 0 Å². The van der Waals surface area contributed by atoms with E-state index >= 15 is 0 Å². The third-order valence-electron chi connectivity index (χ3n) is 3.68. The van der Waals surface area contributed by atoms with Crippen LogP contribution in [0.25, 0.3) is 11.3 Å². The average Bonchev–Trinajstić information content (AvgIpc) is 2.96. The lowest BCUT2D eigenvalue weighted by atomic mass is 10.1. The van der Waals surface area contributed by atoms with Crippen LogP contribution in [0.4, 0.5) is 0 Å². The first-order valence-electron chi connectivity index (χ1n) is 6.59. The highest BCUT2D eigenvalue weighted by Gasteiger charge is 2.19. The van der Waals surface area contributed by atoms with E-state index < -0.39 is 0 Å². The van der Waals surface area contributed by atoms with E-state index in [0.29, 0.717) is 10.5 Å². The normalized spacial score (nSPS) is 15.8. The Morgan fingerprint density at radius 3 is 2.74 bits per heavy atom. The SMILES string of the molecule is O=c1c(Br)cc(-c2ccccn2)cn1C1CCCC1. The molecule has 19 heavy (non-hydrogen) atoms. The maximum absolute atomic E-state index is 12.2. The Bertz CT molecular complexity index is 630. The number of pyridine rings is 2. The summed E-state index contributed by atoms with van der Waals surface area (Å²) in [6.07, 6.45) is 8.33. The maximum atomic E-state index is 12.2. The minimum Gasteiger partial charge on any atom is -0.311 e. The molecule has 2 heterocycles. The van der Waals surface area contributed by atoms with Gasteiger partial charge in [-0.3, -0.25) is 9.78 Å². The van der Waals surface area contributed by atoms with Crippen molar-refractivity contribution in [3.8, 4) is 11.3 Å². The van der Waals surface area contributed by atoms with Crippen LogP contribution in [-0.4, -0.2) is 9.55 Å². The molecule has 2 aromatic heterocycles. The molecule has 0 radical (unpaired) electrons. The minimum absolute atomic E-state index is 0.0616. The summed E-state index contributed by atoms with van der Waals surface area (Å²) in [6, 6.07) is 8.01. The minimum atomic E-state index is 0.0616. The van der Waals surface area contributed by atoms with Gasteiger partial charge in [-0.1, -0.05) is 18.9 Å². The van der Waals surface area contributed by atoms with Crippen LogP contribution in [0.1, 0.15) is 31.7 Å². The lowest BCUT2D eigenvalue weighted by Gasteiger charge is -2.15. The molecule has 0 aromatic carbocycles. The predicted octanol–water partition coefficient (Wildman–Crippen LogP) is 3.79. The summed E-state index contributed by atoms with van der Waals surface area (Å²) >= 11 is 3.38. The quantitative estimate of drug-likeness (QED) is 0.844. The molecular formula is C15H15BrN2O. The standard InChI is InChI=1S/C15H15BrN2O/c16-13-9-11(14-7-3-4-8-17-14)10-18(15(13)19)12-5-1-2-6-12/h3-4,7-10,12H,1-2,5-6H2. The van der Waals surface area contributed by atoms with Crippen molar-refractivity contribution in [2.75, 3.05) is 0 Å². The Morgan fingerprint density at radius 1 is 1.26 bits per heavy atom. The summed E-state index contributed by atoms with van der Waals surface area (Å²) in [6.45, 7) is 0. The first-order valence-corrected chi connectivity index (χ1v) is 7.38. The van der Waals surface area contributed by atoms with Crippen molar-refractivity contribution in [3.05, 3.63) is 51.5 Å². The Hall–Kier alpha value is -1.42. The molecule has 0 spiro atoms. The van der Waals surface area contributed by atoms with Crippen molar-refractivity contribution < 1.29 is 0 Å². The Labute approximate surface area is 120 Å². The molecular weight excluding hydrogens is 304 g/mol. The fourth-order valence-corrected chi connectivity index (χ4v) is 3.15. The summed E-state index contributed by atoms with van der Waals surface area (Å²) in [5.41, 5.74) is 1.94. The first-order chi connectivity index (χ1) is 9.25. The van der Waals surface area contributed by atoms with E-state index in [1.807, 2.05) is 35.0 Å². The highest BCUT2D eigenvalue weighted by Crippen LogP contribution is 2.30. The topological polar surface area (TPSA) is 34.9 Å². The molecule has 0 atom stereocenters. The molecule has 0 unspecified atom stereocenters. The largest absolute Gasteiger partial charge is 0.311 e. The van der Waals surface area contributed by atoms with Crippen molar-refractivity contribution in [3.63, 3.8) is 0 Å². The predicted molar refractivity (Wildman–Crippen MR) is 79.1 cm³/mol. The van der Waals surface area contributed by atoms with Gasteiger partial charge in [0.2, 0.25) is 0 Å². The van der Waals surface area contributed by atoms with Crippen LogP contribution in [0.3, 0.4) is 0 Å². The molecule has 1 aliphatic rings. The van der Waals surface area contributed by atoms with Gasteiger partial charge in [-0.15, -0.1) is 0 Å². The fraction of sp³-hybridized carbons (Fsp3) is 0.333. The van der Waals surface area contributed by atoms with E-state index in [4.69, 9.17) is 0 Å². The van der Waals surface area contributed by atoms with Crippen LogP contribution in [-0.2, 0) is 0 Å². The van der Waals surface area contributed by atoms with E-state index in [-0.39, 0.29) is 5.56 Å². The number of nitrogens with zero attached hydrogens (tertiary/aromatic N) is 2. The fourth-order valence-electron chi connectivity index (χ4n) is 2.69. The zero-order valence-corrected chi connectivity index (χ0v) is 12.1. The van der Waals surface area contributed by atoms with Crippen molar-refractivity contribution in [1.82, 2.24) is 9.55 Å². The third kappa shape index (κ3) is 2.50. The van der Waals surface area contributed by atoms with Crippen LogP contribution < -0.4 is 5.56 Å². The van der Waals surface area contributed by atoms with Gasteiger partial charge < -0.3 is 4.57 Å². The van der Waals surface area contributed by atoms with E-state index in [1.165, 1.54) is 12.8 Å². The van der Waals surface area contributed by atoms with Crippen LogP contribution >= 0.6 is 15.9 Å². The van der Waals surface area contributed by atoms with Crippen LogP contribution in [0.2, 0.25) is 0 Å². The number of hydrogen-bond donors (Lipinski definition) is 0. The number of rotatable bonds is 2. The van der Waals surface area contributed by atoms with E-state index in [1.54, 1.807) is 6.20 Å². The molecule has 0 bridgehead atoms.